The molecule has 3 rings (SSSR count). The highest BCUT2D eigenvalue weighted by molar-refractivity contribution is 6.21. The molecule has 0 saturated carbocycles. The van der Waals surface area contributed by atoms with Crippen molar-refractivity contribution in [3.63, 3.8) is 0 Å². The van der Waals surface area contributed by atoms with E-state index in [1.807, 2.05) is 0 Å². The molecule has 0 aromatic heterocycles. The zero-order chi connectivity index (χ0) is 18.0. The van der Waals surface area contributed by atoms with Gasteiger partial charge in [-0.25, -0.2) is 4.79 Å². The van der Waals surface area contributed by atoms with Gasteiger partial charge in [0.2, 0.25) is 0 Å². The van der Waals surface area contributed by atoms with Crippen LogP contribution in [0.5, 0.6) is 5.75 Å². The minimum atomic E-state index is -0.918. The van der Waals surface area contributed by atoms with Crippen LogP contribution in [-0.2, 0) is 9.63 Å². The van der Waals surface area contributed by atoms with Gasteiger partial charge in [0.05, 0.1) is 16.7 Å². The van der Waals surface area contributed by atoms with E-state index in [2.05, 4.69) is 0 Å². The number of primary amides is 1. The molecule has 25 heavy (non-hydrogen) atoms. The summed E-state index contributed by atoms with van der Waals surface area (Å²) in [5.41, 5.74) is 5.35. The first-order chi connectivity index (χ1) is 12.0. The number of hydrogen-bond acceptors (Lipinski definition) is 6. The largest absolute Gasteiger partial charge is 0.484 e. The average Bonchev–Trinajstić information content (AvgIpc) is 2.85. The molecule has 126 valence electrons. The monoisotopic (exact) mass is 340 g/mol. The standard InChI is InChI=1S/C17H12N2O6/c18-14(20)9-24-11-5-3-4-10(8-11)17(23)25-19-15(21)12-6-1-2-7-13(12)16(19)22/h1-8H,9H2,(H2,18,20). The first kappa shape index (κ1) is 16.2. The van der Waals surface area contributed by atoms with Gasteiger partial charge in [0.1, 0.15) is 5.75 Å². The normalized spacial score (nSPS) is 12.7. The lowest BCUT2D eigenvalue weighted by molar-refractivity contribution is -0.119. The number of carbonyl (C=O) groups excluding carboxylic acids is 4. The summed E-state index contributed by atoms with van der Waals surface area (Å²) in [6.45, 7) is -0.350. The summed E-state index contributed by atoms with van der Waals surface area (Å²) in [6, 6.07) is 11.9. The van der Waals surface area contributed by atoms with Crippen molar-refractivity contribution in [2.75, 3.05) is 6.61 Å². The van der Waals surface area contributed by atoms with Gasteiger partial charge in [0.15, 0.2) is 6.61 Å². The van der Waals surface area contributed by atoms with Crippen molar-refractivity contribution in [2.45, 2.75) is 0 Å². The van der Waals surface area contributed by atoms with E-state index in [1.165, 1.54) is 36.4 Å². The highest BCUT2D eigenvalue weighted by Crippen LogP contribution is 2.23. The van der Waals surface area contributed by atoms with Crippen LogP contribution < -0.4 is 10.5 Å². The maximum atomic E-state index is 12.2. The van der Waals surface area contributed by atoms with Gasteiger partial charge in [-0.2, -0.15) is 0 Å². The van der Waals surface area contributed by atoms with Gasteiger partial charge in [0.25, 0.3) is 17.7 Å². The van der Waals surface area contributed by atoms with E-state index in [4.69, 9.17) is 15.3 Å². The van der Waals surface area contributed by atoms with Gasteiger partial charge in [-0.15, -0.1) is 0 Å². The first-order valence-electron chi connectivity index (χ1n) is 7.18. The molecule has 1 heterocycles. The second-order valence-corrected chi connectivity index (χ2v) is 5.11. The number of imide groups is 1. The van der Waals surface area contributed by atoms with Crippen molar-refractivity contribution in [1.82, 2.24) is 5.06 Å². The molecule has 3 amide bonds. The third-order valence-electron chi connectivity index (χ3n) is 3.38. The van der Waals surface area contributed by atoms with Gasteiger partial charge in [0, 0.05) is 0 Å². The summed E-state index contributed by atoms with van der Waals surface area (Å²) in [4.78, 5) is 52.2. The summed E-state index contributed by atoms with van der Waals surface area (Å²) in [6.07, 6.45) is 0. The number of fused-ring (bicyclic) bond motifs is 1. The molecule has 0 spiro atoms. The minimum absolute atomic E-state index is 0.0403. The number of nitrogens with two attached hydrogens (primary N) is 1. The predicted octanol–water partition coefficient (Wildman–Crippen LogP) is 0.919. The predicted molar refractivity (Wildman–Crippen MR) is 83.5 cm³/mol. The van der Waals surface area contributed by atoms with Crippen LogP contribution in [0.2, 0.25) is 0 Å². The van der Waals surface area contributed by atoms with Gasteiger partial charge in [-0.3, -0.25) is 14.4 Å². The molecule has 0 atom stereocenters. The number of ether oxygens (including phenoxy) is 1. The molecule has 2 aromatic carbocycles. The van der Waals surface area contributed by atoms with Crippen LogP contribution in [0.15, 0.2) is 48.5 Å². The Bertz CT molecular complexity index is 857. The van der Waals surface area contributed by atoms with Crippen molar-refractivity contribution in [3.8, 4) is 5.75 Å². The Balaban J connectivity index is 1.75. The van der Waals surface area contributed by atoms with E-state index in [0.29, 0.717) is 5.06 Å². The van der Waals surface area contributed by atoms with Gasteiger partial charge in [-0.1, -0.05) is 23.3 Å². The zero-order valence-electron chi connectivity index (χ0n) is 12.8. The summed E-state index contributed by atoms with van der Waals surface area (Å²) in [7, 11) is 0. The molecule has 2 N–H and O–H groups in total. The highest BCUT2D eigenvalue weighted by atomic mass is 16.7. The van der Waals surface area contributed by atoms with Crippen molar-refractivity contribution in [2.24, 2.45) is 5.73 Å². The summed E-state index contributed by atoms with van der Waals surface area (Å²) in [5.74, 6) is -2.79. The van der Waals surface area contributed by atoms with E-state index in [-0.39, 0.29) is 29.0 Å². The molecule has 0 aliphatic carbocycles. The van der Waals surface area contributed by atoms with E-state index in [1.54, 1.807) is 12.1 Å². The lowest BCUT2D eigenvalue weighted by Gasteiger charge is -2.13. The molecular formula is C17H12N2O6. The smallest absolute Gasteiger partial charge is 0.364 e. The molecule has 0 saturated heterocycles. The Morgan fingerprint density at radius 2 is 1.60 bits per heavy atom. The topological polar surface area (TPSA) is 116 Å². The van der Waals surface area contributed by atoms with Gasteiger partial charge in [-0.05, 0) is 30.3 Å². The van der Waals surface area contributed by atoms with Crippen LogP contribution in [0, 0.1) is 0 Å². The molecule has 1 aliphatic rings. The Morgan fingerprint density at radius 1 is 0.960 bits per heavy atom. The summed E-state index contributed by atoms with van der Waals surface area (Å²) >= 11 is 0. The molecular weight excluding hydrogens is 328 g/mol. The van der Waals surface area contributed by atoms with Crippen LogP contribution in [0.3, 0.4) is 0 Å². The van der Waals surface area contributed by atoms with Crippen LogP contribution in [0.4, 0.5) is 0 Å². The maximum Gasteiger partial charge on any atom is 0.364 e. The number of nitrogens with zero attached hydrogens (tertiary/aromatic N) is 1. The SMILES string of the molecule is NC(=O)COc1cccc(C(=O)ON2C(=O)c3ccccc3C2=O)c1. The van der Waals surface area contributed by atoms with E-state index >= 15 is 0 Å². The fraction of sp³-hybridized carbons (Fsp3) is 0.0588. The van der Waals surface area contributed by atoms with E-state index < -0.39 is 23.7 Å². The zero-order valence-corrected chi connectivity index (χ0v) is 12.8. The van der Waals surface area contributed by atoms with Crippen LogP contribution >= 0.6 is 0 Å². The summed E-state index contributed by atoms with van der Waals surface area (Å²) in [5, 5.41) is 0.421. The average molecular weight is 340 g/mol. The van der Waals surface area contributed by atoms with E-state index in [9.17, 15) is 19.2 Å². The molecule has 0 bridgehead atoms. The fourth-order valence-electron chi connectivity index (χ4n) is 2.25. The van der Waals surface area contributed by atoms with Crippen molar-refractivity contribution in [1.29, 1.82) is 0 Å². The van der Waals surface area contributed by atoms with Crippen LogP contribution in [0.25, 0.3) is 0 Å². The lowest BCUT2D eigenvalue weighted by atomic mass is 10.1. The Hall–Kier alpha value is -3.68. The first-order valence-corrected chi connectivity index (χ1v) is 7.18. The van der Waals surface area contributed by atoms with Crippen molar-refractivity contribution < 1.29 is 28.8 Å². The number of carbonyl (C=O) groups is 4. The number of hydroxylamine groups is 2. The fourth-order valence-corrected chi connectivity index (χ4v) is 2.25. The molecule has 0 unspecified atom stereocenters. The summed E-state index contributed by atoms with van der Waals surface area (Å²) < 4.78 is 5.09. The number of amides is 3. The molecule has 2 aromatic rings. The van der Waals surface area contributed by atoms with Gasteiger partial charge >= 0.3 is 5.97 Å². The number of benzene rings is 2. The van der Waals surface area contributed by atoms with E-state index in [0.717, 1.165) is 0 Å². The second-order valence-electron chi connectivity index (χ2n) is 5.11. The van der Waals surface area contributed by atoms with Gasteiger partial charge < -0.3 is 15.3 Å². The third kappa shape index (κ3) is 3.18. The molecule has 8 heteroatoms. The minimum Gasteiger partial charge on any atom is -0.484 e. The van der Waals surface area contributed by atoms with Crippen molar-refractivity contribution >= 4 is 23.7 Å². The highest BCUT2D eigenvalue weighted by Gasteiger charge is 2.38. The van der Waals surface area contributed by atoms with Crippen molar-refractivity contribution in [3.05, 3.63) is 65.2 Å². The second kappa shape index (κ2) is 6.44. The Morgan fingerprint density at radius 3 is 2.20 bits per heavy atom. The molecule has 0 fully saturated rings. The lowest BCUT2D eigenvalue weighted by Crippen LogP contribution is -2.32. The number of hydrogen-bond donors (Lipinski definition) is 1. The Labute approximate surface area is 141 Å². The molecule has 0 radical (unpaired) electrons. The third-order valence-corrected chi connectivity index (χ3v) is 3.38. The molecule has 8 nitrogen and oxygen atoms in total. The Kier molecular flexibility index (Phi) is 4.17. The van der Waals surface area contributed by atoms with Crippen LogP contribution in [0.1, 0.15) is 31.1 Å². The van der Waals surface area contributed by atoms with Crippen LogP contribution in [-0.4, -0.2) is 35.4 Å². The number of rotatable bonds is 5. The maximum absolute atomic E-state index is 12.2. The quantitative estimate of drug-likeness (QED) is 0.809. The molecule has 1 aliphatic heterocycles.